The number of aromatic nitrogens is 2. The Morgan fingerprint density at radius 1 is 1.47 bits per heavy atom. The largest absolute Gasteiger partial charge is 0.398 e. The van der Waals surface area contributed by atoms with E-state index in [0.717, 1.165) is 0 Å². The number of benzene rings is 1. The van der Waals surface area contributed by atoms with E-state index in [1.165, 1.54) is 10.9 Å². The minimum absolute atomic E-state index is 0.0100. The standard InChI is InChI=1S/C10H10FN3O/c11-4-5-14-6-13-8-3-1-2-7(12)9(8)10(14)15/h1-3,6H,4-5,12H2. The second-order valence-electron chi connectivity index (χ2n) is 3.17. The molecule has 1 aromatic heterocycles. The van der Waals surface area contributed by atoms with Gasteiger partial charge in [0.05, 0.1) is 23.8 Å². The molecule has 1 aromatic carbocycles. The Hall–Kier alpha value is -1.91. The predicted octanol–water partition coefficient (Wildman–Crippen LogP) is 0.948. The summed E-state index contributed by atoms with van der Waals surface area (Å²) in [5.41, 5.74) is 6.29. The van der Waals surface area contributed by atoms with Crippen molar-refractivity contribution in [2.24, 2.45) is 0 Å². The van der Waals surface area contributed by atoms with Crippen molar-refractivity contribution in [3.8, 4) is 0 Å². The minimum atomic E-state index is -0.597. The van der Waals surface area contributed by atoms with E-state index in [-0.39, 0.29) is 12.1 Å². The zero-order valence-corrected chi connectivity index (χ0v) is 7.98. The van der Waals surface area contributed by atoms with Crippen LogP contribution < -0.4 is 11.3 Å². The van der Waals surface area contributed by atoms with E-state index in [0.29, 0.717) is 16.6 Å². The number of rotatable bonds is 2. The van der Waals surface area contributed by atoms with E-state index in [1.807, 2.05) is 0 Å². The summed E-state index contributed by atoms with van der Waals surface area (Å²) in [5.74, 6) is 0. The minimum Gasteiger partial charge on any atom is -0.398 e. The van der Waals surface area contributed by atoms with Crippen molar-refractivity contribution < 1.29 is 4.39 Å². The van der Waals surface area contributed by atoms with Crippen molar-refractivity contribution in [2.45, 2.75) is 6.54 Å². The molecule has 0 fully saturated rings. The van der Waals surface area contributed by atoms with Gasteiger partial charge >= 0.3 is 0 Å². The fourth-order valence-electron chi connectivity index (χ4n) is 1.48. The summed E-state index contributed by atoms with van der Waals surface area (Å²) in [7, 11) is 0. The average Bonchev–Trinajstić information content (AvgIpc) is 2.22. The molecule has 0 saturated carbocycles. The zero-order valence-electron chi connectivity index (χ0n) is 7.98. The number of alkyl halides is 1. The number of halogens is 1. The van der Waals surface area contributed by atoms with Crippen molar-refractivity contribution in [2.75, 3.05) is 12.4 Å². The van der Waals surface area contributed by atoms with Crippen molar-refractivity contribution in [3.63, 3.8) is 0 Å². The number of hydrogen-bond acceptors (Lipinski definition) is 3. The molecule has 0 aliphatic rings. The molecule has 0 aliphatic heterocycles. The fourth-order valence-corrected chi connectivity index (χ4v) is 1.48. The first-order valence-corrected chi connectivity index (χ1v) is 4.53. The van der Waals surface area contributed by atoms with E-state index in [2.05, 4.69) is 4.98 Å². The van der Waals surface area contributed by atoms with Gasteiger partial charge < -0.3 is 5.73 Å². The first-order chi connectivity index (χ1) is 7.24. The molecular weight excluding hydrogens is 197 g/mol. The van der Waals surface area contributed by atoms with Gasteiger partial charge in [-0.15, -0.1) is 0 Å². The van der Waals surface area contributed by atoms with Gasteiger partial charge in [-0.2, -0.15) is 0 Å². The number of hydrogen-bond donors (Lipinski definition) is 1. The van der Waals surface area contributed by atoms with E-state index < -0.39 is 6.67 Å². The first kappa shape index (κ1) is 9.64. The molecule has 2 aromatic rings. The highest BCUT2D eigenvalue weighted by atomic mass is 19.1. The highest BCUT2D eigenvalue weighted by Crippen LogP contribution is 2.13. The molecule has 5 heteroatoms. The maximum Gasteiger partial charge on any atom is 0.263 e. The van der Waals surface area contributed by atoms with Crippen LogP contribution in [-0.2, 0) is 6.54 Å². The topological polar surface area (TPSA) is 60.9 Å². The third kappa shape index (κ3) is 1.56. The molecule has 0 aliphatic carbocycles. The Balaban J connectivity index is 2.77. The third-order valence-electron chi connectivity index (χ3n) is 2.21. The highest BCUT2D eigenvalue weighted by molar-refractivity contribution is 5.88. The van der Waals surface area contributed by atoms with Crippen LogP contribution in [0.2, 0.25) is 0 Å². The molecule has 78 valence electrons. The second-order valence-corrected chi connectivity index (χ2v) is 3.17. The van der Waals surface area contributed by atoms with E-state index in [4.69, 9.17) is 5.73 Å². The smallest absolute Gasteiger partial charge is 0.263 e. The lowest BCUT2D eigenvalue weighted by atomic mass is 10.2. The molecule has 0 radical (unpaired) electrons. The van der Waals surface area contributed by atoms with Crippen LogP contribution in [0.4, 0.5) is 10.1 Å². The maximum absolute atomic E-state index is 12.1. The van der Waals surface area contributed by atoms with Gasteiger partial charge in [0.15, 0.2) is 0 Å². The number of aryl methyl sites for hydroxylation is 1. The normalized spacial score (nSPS) is 10.7. The highest BCUT2D eigenvalue weighted by Gasteiger charge is 2.06. The van der Waals surface area contributed by atoms with Crippen molar-refractivity contribution >= 4 is 16.6 Å². The SMILES string of the molecule is Nc1cccc2ncn(CCF)c(=O)c12. The van der Waals surface area contributed by atoms with E-state index in [1.54, 1.807) is 18.2 Å². The van der Waals surface area contributed by atoms with Crippen molar-refractivity contribution in [3.05, 3.63) is 34.9 Å². The van der Waals surface area contributed by atoms with Gasteiger partial charge in [0.1, 0.15) is 6.67 Å². The molecule has 1 heterocycles. The third-order valence-corrected chi connectivity index (χ3v) is 2.21. The Kier molecular flexibility index (Phi) is 2.37. The summed E-state index contributed by atoms with van der Waals surface area (Å²) in [4.78, 5) is 15.9. The monoisotopic (exact) mass is 207 g/mol. The van der Waals surface area contributed by atoms with Crippen molar-refractivity contribution in [1.29, 1.82) is 0 Å². The lowest BCUT2D eigenvalue weighted by Gasteiger charge is -2.05. The lowest BCUT2D eigenvalue weighted by Crippen LogP contribution is -2.22. The summed E-state index contributed by atoms with van der Waals surface area (Å²) >= 11 is 0. The maximum atomic E-state index is 12.1. The van der Waals surface area contributed by atoms with Gasteiger partial charge in [-0.3, -0.25) is 9.36 Å². The van der Waals surface area contributed by atoms with Gasteiger partial charge in [0, 0.05) is 5.69 Å². The molecule has 0 unspecified atom stereocenters. The van der Waals surface area contributed by atoms with Crippen LogP contribution in [-0.4, -0.2) is 16.2 Å². The molecule has 0 atom stereocenters. The summed E-state index contributed by atoms with van der Waals surface area (Å²) in [6.45, 7) is -0.587. The summed E-state index contributed by atoms with van der Waals surface area (Å²) in [5, 5.41) is 0.355. The second kappa shape index (κ2) is 3.68. The Bertz CT molecular complexity index is 550. The fraction of sp³-hybridized carbons (Fsp3) is 0.200. The first-order valence-electron chi connectivity index (χ1n) is 4.53. The molecule has 4 nitrogen and oxygen atoms in total. The van der Waals surface area contributed by atoms with Crippen LogP contribution in [0.1, 0.15) is 0 Å². The van der Waals surface area contributed by atoms with Crippen molar-refractivity contribution in [1.82, 2.24) is 9.55 Å². The number of fused-ring (bicyclic) bond motifs is 1. The zero-order chi connectivity index (χ0) is 10.8. The quantitative estimate of drug-likeness (QED) is 0.746. The van der Waals surface area contributed by atoms with Crippen LogP contribution in [0.3, 0.4) is 0 Å². The van der Waals surface area contributed by atoms with Crippen LogP contribution in [0.15, 0.2) is 29.3 Å². The Labute approximate surface area is 85.2 Å². The number of nitrogen functional groups attached to an aromatic ring is 1. The number of anilines is 1. The van der Waals surface area contributed by atoms with Gasteiger partial charge in [0.2, 0.25) is 0 Å². The molecule has 15 heavy (non-hydrogen) atoms. The van der Waals surface area contributed by atoms with Crippen LogP contribution in [0.25, 0.3) is 10.9 Å². The Morgan fingerprint density at radius 3 is 3.00 bits per heavy atom. The van der Waals surface area contributed by atoms with Gasteiger partial charge in [-0.25, -0.2) is 9.37 Å². The number of nitrogens with zero attached hydrogens (tertiary/aromatic N) is 2. The van der Waals surface area contributed by atoms with E-state index >= 15 is 0 Å². The molecule has 2 rings (SSSR count). The molecule has 0 saturated heterocycles. The summed E-state index contributed by atoms with van der Waals surface area (Å²) in [6.07, 6.45) is 1.34. The predicted molar refractivity (Wildman–Crippen MR) is 56.4 cm³/mol. The van der Waals surface area contributed by atoms with Crippen LogP contribution >= 0.6 is 0 Å². The Morgan fingerprint density at radius 2 is 2.27 bits per heavy atom. The molecule has 0 amide bonds. The lowest BCUT2D eigenvalue weighted by molar-refractivity contribution is 0.439. The molecule has 2 N–H and O–H groups in total. The number of nitrogens with two attached hydrogens (primary N) is 1. The van der Waals surface area contributed by atoms with Gasteiger partial charge in [-0.05, 0) is 12.1 Å². The van der Waals surface area contributed by atoms with Crippen LogP contribution in [0, 0.1) is 0 Å². The molecule has 0 spiro atoms. The summed E-state index contributed by atoms with van der Waals surface area (Å²) < 4.78 is 13.4. The molecule has 0 bridgehead atoms. The summed E-state index contributed by atoms with van der Waals surface area (Å²) in [6, 6.07) is 5.06. The van der Waals surface area contributed by atoms with E-state index in [9.17, 15) is 9.18 Å². The van der Waals surface area contributed by atoms with Gasteiger partial charge in [0.25, 0.3) is 5.56 Å². The van der Waals surface area contributed by atoms with Crippen LogP contribution in [0.5, 0.6) is 0 Å². The molecular formula is C10H10FN3O. The average molecular weight is 207 g/mol. The van der Waals surface area contributed by atoms with Gasteiger partial charge in [-0.1, -0.05) is 6.07 Å².